The molecular formula is C34H33N5O7. The van der Waals surface area contributed by atoms with Crippen LogP contribution in [-0.2, 0) is 25.5 Å². The van der Waals surface area contributed by atoms with E-state index in [2.05, 4.69) is 15.6 Å². The number of pyridine rings is 1. The van der Waals surface area contributed by atoms with Crippen LogP contribution in [0.2, 0.25) is 0 Å². The van der Waals surface area contributed by atoms with Gasteiger partial charge in [-0.1, -0.05) is 36.4 Å². The van der Waals surface area contributed by atoms with E-state index in [9.17, 15) is 24.0 Å². The van der Waals surface area contributed by atoms with Crippen LogP contribution >= 0.6 is 0 Å². The molecule has 6 rings (SSSR count). The fourth-order valence-electron chi connectivity index (χ4n) is 5.84. The maximum Gasteiger partial charge on any atom is 0.262 e. The number of nitrogens with zero attached hydrogens (tertiary/aromatic N) is 3. The molecule has 4 heterocycles. The number of fused-ring (bicyclic) bond motifs is 2. The number of hydrogen-bond acceptors (Lipinski definition) is 9. The van der Waals surface area contributed by atoms with E-state index in [1.165, 1.54) is 0 Å². The first-order chi connectivity index (χ1) is 22.3. The molecule has 46 heavy (non-hydrogen) atoms. The van der Waals surface area contributed by atoms with Crippen molar-refractivity contribution < 1.29 is 33.1 Å². The maximum atomic E-state index is 13.3. The van der Waals surface area contributed by atoms with Gasteiger partial charge in [-0.25, -0.2) is 0 Å². The highest BCUT2D eigenvalue weighted by molar-refractivity contribution is 6.24. The molecule has 236 valence electrons. The van der Waals surface area contributed by atoms with Crippen molar-refractivity contribution in [3.8, 4) is 0 Å². The van der Waals surface area contributed by atoms with E-state index >= 15 is 0 Å². The molecule has 2 aromatic heterocycles. The predicted molar refractivity (Wildman–Crippen MR) is 166 cm³/mol. The standard InChI is InChI=1S/C34H33N5O7/c1-38(20-29(41)36-31(23-8-5-14-35-19-23)27-18-22-6-2-3-10-26(22)46-27)15-17-45-16-13-21-7-4-9-24-30(21)34(44)39(33(24)43)25-11-12-28(40)37-32(25)42/h2-10,14,18-19,25,31H,11-13,15-17,20H2,1H3,(H,36,41)(H,37,40,42). The van der Waals surface area contributed by atoms with E-state index in [-0.39, 0.29) is 43.0 Å². The van der Waals surface area contributed by atoms with E-state index in [1.54, 1.807) is 30.6 Å². The fraction of sp³-hybridized carbons (Fsp3) is 0.294. The molecule has 2 aliphatic heterocycles. The summed E-state index contributed by atoms with van der Waals surface area (Å²) in [5, 5.41) is 6.22. The average Bonchev–Trinajstić information content (AvgIpc) is 3.59. The largest absolute Gasteiger partial charge is 0.459 e. The topological polar surface area (TPSA) is 151 Å². The number of ether oxygens (including phenoxy) is 1. The van der Waals surface area contributed by atoms with Crippen LogP contribution in [0.3, 0.4) is 0 Å². The zero-order valence-corrected chi connectivity index (χ0v) is 25.2. The molecule has 2 N–H and O–H groups in total. The Kier molecular flexibility index (Phi) is 8.99. The highest BCUT2D eigenvalue weighted by Crippen LogP contribution is 2.31. The van der Waals surface area contributed by atoms with Gasteiger partial charge in [-0.3, -0.25) is 44.1 Å². The van der Waals surface area contributed by atoms with E-state index in [4.69, 9.17) is 9.15 Å². The van der Waals surface area contributed by atoms with Crippen molar-refractivity contribution in [3.63, 3.8) is 0 Å². The minimum Gasteiger partial charge on any atom is -0.459 e. The van der Waals surface area contributed by atoms with Crippen LogP contribution in [0.5, 0.6) is 0 Å². The Morgan fingerprint density at radius 3 is 2.72 bits per heavy atom. The van der Waals surface area contributed by atoms with Gasteiger partial charge >= 0.3 is 0 Å². The fourth-order valence-corrected chi connectivity index (χ4v) is 5.84. The van der Waals surface area contributed by atoms with Gasteiger partial charge in [0, 0.05) is 36.3 Å². The summed E-state index contributed by atoms with van der Waals surface area (Å²) < 4.78 is 11.9. The lowest BCUT2D eigenvalue weighted by molar-refractivity contribution is -0.136. The number of rotatable bonds is 12. The van der Waals surface area contributed by atoms with Gasteiger partial charge in [0.05, 0.1) is 30.9 Å². The summed E-state index contributed by atoms with van der Waals surface area (Å²) in [5.74, 6) is -1.72. The Morgan fingerprint density at radius 2 is 1.93 bits per heavy atom. The molecule has 1 fully saturated rings. The zero-order chi connectivity index (χ0) is 32.2. The minimum atomic E-state index is -1.01. The molecule has 2 unspecified atom stereocenters. The zero-order valence-electron chi connectivity index (χ0n) is 25.2. The van der Waals surface area contributed by atoms with Gasteiger partial charge < -0.3 is 14.5 Å². The molecule has 0 saturated carbocycles. The Hall–Kier alpha value is -5.20. The van der Waals surface area contributed by atoms with Gasteiger partial charge in [-0.05, 0) is 49.7 Å². The maximum absolute atomic E-state index is 13.3. The first-order valence-electron chi connectivity index (χ1n) is 15.1. The number of piperidine rings is 1. The van der Waals surface area contributed by atoms with Crippen molar-refractivity contribution in [2.45, 2.75) is 31.3 Å². The third-order valence-corrected chi connectivity index (χ3v) is 8.15. The van der Waals surface area contributed by atoms with Gasteiger partial charge in [0.25, 0.3) is 11.8 Å². The molecule has 0 aliphatic carbocycles. The second-order valence-electron chi connectivity index (χ2n) is 11.4. The van der Waals surface area contributed by atoms with Crippen molar-refractivity contribution in [2.24, 2.45) is 0 Å². The number of para-hydroxylation sites is 1. The van der Waals surface area contributed by atoms with E-state index < -0.39 is 35.7 Å². The second-order valence-corrected chi connectivity index (χ2v) is 11.4. The first kappa shape index (κ1) is 30.8. The summed E-state index contributed by atoms with van der Waals surface area (Å²) in [7, 11) is 1.82. The molecule has 2 aromatic carbocycles. The number of furan rings is 1. The first-order valence-corrected chi connectivity index (χ1v) is 15.1. The molecule has 5 amide bonds. The van der Waals surface area contributed by atoms with Gasteiger partial charge in [0.2, 0.25) is 17.7 Å². The van der Waals surface area contributed by atoms with Crippen molar-refractivity contribution in [1.29, 1.82) is 0 Å². The molecule has 2 aliphatic rings. The van der Waals surface area contributed by atoms with Crippen molar-refractivity contribution in [3.05, 3.63) is 101 Å². The van der Waals surface area contributed by atoms with Crippen LogP contribution in [-0.4, -0.2) is 83.7 Å². The monoisotopic (exact) mass is 623 g/mol. The summed E-state index contributed by atoms with van der Waals surface area (Å²) in [6.07, 6.45) is 3.91. The quantitative estimate of drug-likeness (QED) is 0.179. The minimum absolute atomic E-state index is 0.0625. The van der Waals surface area contributed by atoms with Crippen LogP contribution < -0.4 is 10.6 Å². The lowest BCUT2D eigenvalue weighted by Gasteiger charge is -2.27. The smallest absolute Gasteiger partial charge is 0.262 e. The van der Waals surface area contributed by atoms with Gasteiger partial charge in [-0.2, -0.15) is 0 Å². The lowest BCUT2D eigenvalue weighted by Crippen LogP contribution is -2.54. The summed E-state index contributed by atoms with van der Waals surface area (Å²) in [5.41, 5.74) is 2.68. The molecule has 12 nitrogen and oxygen atoms in total. The average molecular weight is 624 g/mol. The summed E-state index contributed by atoms with van der Waals surface area (Å²) in [6, 6.07) is 16.8. The second kappa shape index (κ2) is 13.4. The van der Waals surface area contributed by atoms with Gasteiger partial charge in [-0.15, -0.1) is 0 Å². The molecule has 2 atom stereocenters. The molecule has 0 radical (unpaired) electrons. The number of amides is 5. The van der Waals surface area contributed by atoms with Crippen molar-refractivity contribution in [1.82, 2.24) is 25.4 Å². The van der Waals surface area contributed by atoms with Crippen LogP contribution in [0.4, 0.5) is 0 Å². The Labute approximate surface area is 264 Å². The number of carbonyl (C=O) groups is 5. The summed E-state index contributed by atoms with van der Waals surface area (Å²) in [6.45, 7) is 1.22. The third-order valence-electron chi connectivity index (χ3n) is 8.15. The Balaban J connectivity index is 1.00. The normalized spacial score (nSPS) is 17.0. The summed E-state index contributed by atoms with van der Waals surface area (Å²) >= 11 is 0. The number of benzene rings is 2. The van der Waals surface area contributed by atoms with E-state index in [0.717, 1.165) is 21.4 Å². The van der Waals surface area contributed by atoms with Crippen LogP contribution in [0.25, 0.3) is 11.0 Å². The predicted octanol–water partition coefficient (Wildman–Crippen LogP) is 2.63. The van der Waals surface area contributed by atoms with Crippen molar-refractivity contribution >= 4 is 40.5 Å². The Morgan fingerprint density at radius 1 is 1.09 bits per heavy atom. The number of nitrogens with one attached hydrogen (secondary N) is 2. The van der Waals surface area contributed by atoms with Crippen LogP contribution in [0.1, 0.15) is 56.5 Å². The molecule has 0 bridgehead atoms. The van der Waals surface area contributed by atoms with Gasteiger partial charge in [0.15, 0.2) is 0 Å². The third kappa shape index (κ3) is 6.44. The summed E-state index contributed by atoms with van der Waals surface area (Å²) in [4.78, 5) is 70.3. The Bertz CT molecular complexity index is 1770. The van der Waals surface area contributed by atoms with Crippen LogP contribution in [0, 0.1) is 0 Å². The molecular weight excluding hydrogens is 590 g/mol. The number of likely N-dealkylation sites (N-methyl/N-ethyl adjacent to an activating group) is 1. The SMILES string of the molecule is CN(CCOCCc1cccc2c1C(=O)N(C1CCC(=O)NC1=O)C2=O)CC(=O)NC(c1cccnc1)c1cc2ccccc2o1. The number of aromatic nitrogens is 1. The van der Waals surface area contributed by atoms with Crippen LogP contribution in [0.15, 0.2) is 77.5 Å². The molecule has 12 heteroatoms. The van der Waals surface area contributed by atoms with Crippen molar-refractivity contribution in [2.75, 3.05) is 33.4 Å². The molecule has 1 saturated heterocycles. The van der Waals surface area contributed by atoms with Gasteiger partial charge in [0.1, 0.15) is 23.4 Å². The highest BCUT2D eigenvalue weighted by Gasteiger charge is 2.45. The van der Waals surface area contributed by atoms with E-state index in [0.29, 0.717) is 30.9 Å². The number of carbonyl (C=O) groups excluding carboxylic acids is 5. The van der Waals surface area contributed by atoms with E-state index in [1.807, 2.05) is 54.4 Å². The molecule has 0 spiro atoms. The number of hydrogen-bond donors (Lipinski definition) is 2. The lowest BCUT2D eigenvalue weighted by atomic mass is 10.0. The molecule has 4 aromatic rings. The highest BCUT2D eigenvalue weighted by atomic mass is 16.5. The number of imide groups is 2.